The lowest BCUT2D eigenvalue weighted by molar-refractivity contribution is 0.330. The summed E-state index contributed by atoms with van der Waals surface area (Å²) < 4.78 is 26.3. The number of ether oxygens (including phenoxy) is 1. The molecule has 2 aromatic carbocycles. The van der Waals surface area contributed by atoms with E-state index in [1.165, 1.54) is 0 Å². The van der Waals surface area contributed by atoms with Crippen molar-refractivity contribution in [2.45, 2.75) is 26.7 Å². The Morgan fingerprint density at radius 2 is 1.68 bits per heavy atom. The van der Waals surface area contributed by atoms with Crippen molar-refractivity contribution in [2.24, 2.45) is 0 Å². The molecule has 0 spiro atoms. The van der Waals surface area contributed by atoms with Crippen LogP contribution in [0.3, 0.4) is 0 Å². The molecule has 0 bridgehead atoms. The van der Waals surface area contributed by atoms with Gasteiger partial charge in [0.2, 0.25) is 0 Å². The Morgan fingerprint density at radius 1 is 1.00 bits per heavy atom. The van der Waals surface area contributed by atoms with Gasteiger partial charge in [-0.3, -0.25) is 0 Å². The fourth-order valence-corrected chi connectivity index (χ4v) is 6.18. The predicted molar refractivity (Wildman–Crippen MR) is 102 cm³/mol. The summed E-state index contributed by atoms with van der Waals surface area (Å²) in [7, 11) is -2.81. The van der Waals surface area contributed by atoms with Gasteiger partial charge < -0.3 is 13.7 Å². The molecule has 0 radical (unpaired) electrons. The lowest BCUT2D eigenvalue weighted by Gasteiger charge is -2.25. The predicted octanol–water partition coefficient (Wildman–Crippen LogP) is 5.51. The highest BCUT2D eigenvalue weighted by molar-refractivity contribution is 7.79. The largest absolute Gasteiger partial charge is 0.429 e. The van der Waals surface area contributed by atoms with Crippen LogP contribution in [0.4, 0.5) is 0 Å². The maximum Gasteiger partial charge on any atom is 0.302 e. The molecule has 0 saturated carbocycles. The molecule has 1 aliphatic rings. The second-order valence-electron chi connectivity index (χ2n) is 6.62. The Hall–Kier alpha value is -2.25. The van der Waals surface area contributed by atoms with E-state index in [4.69, 9.17) is 9.15 Å². The minimum absolute atomic E-state index is 0.165. The van der Waals surface area contributed by atoms with E-state index in [2.05, 4.69) is 13.8 Å². The molecule has 1 unspecified atom stereocenters. The van der Waals surface area contributed by atoms with Crippen molar-refractivity contribution in [3.05, 3.63) is 60.4 Å². The zero-order valence-electron chi connectivity index (χ0n) is 14.7. The zero-order chi connectivity index (χ0) is 17.6. The topological polar surface area (TPSA) is 39.4 Å². The third kappa shape index (κ3) is 2.38. The van der Waals surface area contributed by atoms with Gasteiger partial charge in [0.15, 0.2) is 7.14 Å². The Balaban J connectivity index is 2.07. The highest BCUT2D eigenvalue weighted by atomic mass is 31.2. The number of rotatable bonds is 3. The molecule has 128 valence electrons. The van der Waals surface area contributed by atoms with E-state index in [1.54, 1.807) is 0 Å². The number of hydrogen-bond acceptors (Lipinski definition) is 3. The highest BCUT2D eigenvalue weighted by Gasteiger charge is 2.42. The van der Waals surface area contributed by atoms with Crippen molar-refractivity contribution in [2.75, 3.05) is 6.16 Å². The fourth-order valence-electron chi connectivity index (χ4n) is 3.50. The summed E-state index contributed by atoms with van der Waals surface area (Å²) in [5, 5.41) is 1.53. The molecule has 3 nitrogen and oxygen atoms in total. The van der Waals surface area contributed by atoms with E-state index in [0.717, 1.165) is 27.5 Å². The van der Waals surface area contributed by atoms with Crippen LogP contribution in [-0.4, -0.2) is 6.16 Å². The Labute approximate surface area is 148 Å². The van der Waals surface area contributed by atoms with Gasteiger partial charge in [-0.1, -0.05) is 63.2 Å². The Kier molecular flexibility index (Phi) is 3.85. The van der Waals surface area contributed by atoms with Crippen LogP contribution in [-0.2, 0) is 4.57 Å². The summed E-state index contributed by atoms with van der Waals surface area (Å²) in [5.41, 5.74) is 1.96. The smallest absolute Gasteiger partial charge is 0.302 e. The Morgan fingerprint density at radius 3 is 2.36 bits per heavy atom. The van der Waals surface area contributed by atoms with E-state index in [-0.39, 0.29) is 5.92 Å². The molecule has 25 heavy (non-hydrogen) atoms. The van der Waals surface area contributed by atoms with E-state index in [1.807, 2.05) is 61.5 Å². The molecule has 0 amide bonds. The summed E-state index contributed by atoms with van der Waals surface area (Å²) in [6, 6.07) is 17.6. The second-order valence-corrected chi connectivity index (χ2v) is 9.66. The van der Waals surface area contributed by atoms with Gasteiger partial charge in [-0.15, -0.1) is 0 Å². The van der Waals surface area contributed by atoms with Crippen molar-refractivity contribution in [3.8, 4) is 22.8 Å². The zero-order valence-corrected chi connectivity index (χ0v) is 15.5. The molecule has 0 N–H and O–H groups in total. The van der Waals surface area contributed by atoms with Gasteiger partial charge in [0, 0.05) is 17.6 Å². The molecule has 1 aromatic heterocycles. The molecule has 4 rings (SSSR count). The van der Waals surface area contributed by atoms with Gasteiger partial charge in [-0.25, -0.2) is 0 Å². The first-order chi connectivity index (χ1) is 12.1. The summed E-state index contributed by atoms with van der Waals surface area (Å²) in [5.74, 6) is 2.03. The van der Waals surface area contributed by atoms with Gasteiger partial charge in [0.1, 0.15) is 16.8 Å². The van der Waals surface area contributed by atoms with Crippen molar-refractivity contribution in [1.29, 1.82) is 0 Å². The first-order valence-electron chi connectivity index (χ1n) is 8.65. The lowest BCUT2D eigenvalue weighted by atomic mass is 10.0. The summed E-state index contributed by atoms with van der Waals surface area (Å²) >= 11 is 0. The van der Waals surface area contributed by atoms with Crippen molar-refractivity contribution in [1.82, 2.24) is 0 Å². The summed E-state index contributed by atoms with van der Waals surface area (Å²) in [6.45, 7) is 6.14. The minimum Gasteiger partial charge on any atom is -0.429 e. The van der Waals surface area contributed by atoms with Gasteiger partial charge in [0.25, 0.3) is 0 Å². The number of benzene rings is 2. The van der Waals surface area contributed by atoms with E-state index in [0.29, 0.717) is 17.9 Å². The average Bonchev–Trinajstić information content (AvgIpc) is 3.03. The van der Waals surface area contributed by atoms with Gasteiger partial charge in [-0.2, -0.15) is 0 Å². The fraction of sp³-hybridized carbons (Fsp3) is 0.238. The SMILES string of the molecule is CCP1(=O)c2ccccc2Oc2oc(C(C)C)c(-c3ccccc3)c21. The molecule has 2 heterocycles. The maximum atomic E-state index is 14.1. The van der Waals surface area contributed by atoms with Crippen LogP contribution < -0.4 is 15.3 Å². The van der Waals surface area contributed by atoms with Crippen LogP contribution >= 0.6 is 7.14 Å². The minimum atomic E-state index is -2.81. The van der Waals surface area contributed by atoms with Crippen LogP contribution in [0.25, 0.3) is 11.1 Å². The molecule has 0 aliphatic carbocycles. The average molecular weight is 352 g/mol. The van der Waals surface area contributed by atoms with Gasteiger partial charge in [0.05, 0.1) is 5.30 Å². The molecular weight excluding hydrogens is 331 g/mol. The van der Waals surface area contributed by atoms with Crippen molar-refractivity contribution in [3.63, 3.8) is 0 Å². The van der Waals surface area contributed by atoms with E-state index in [9.17, 15) is 4.57 Å². The summed E-state index contributed by atoms with van der Waals surface area (Å²) in [4.78, 5) is 0. The second kappa shape index (κ2) is 5.93. The third-order valence-electron chi connectivity index (χ3n) is 4.73. The van der Waals surface area contributed by atoms with Gasteiger partial charge in [-0.05, 0) is 17.7 Å². The normalized spacial score (nSPS) is 18.6. The summed E-state index contributed by atoms with van der Waals surface area (Å²) in [6.07, 6.45) is 0.539. The molecule has 4 heteroatoms. The number of furan rings is 1. The van der Waals surface area contributed by atoms with Crippen LogP contribution in [0.5, 0.6) is 11.7 Å². The molecule has 1 aliphatic heterocycles. The Bertz CT molecular complexity index is 970. The van der Waals surface area contributed by atoms with Crippen LogP contribution in [0, 0.1) is 0 Å². The molecule has 3 aromatic rings. The van der Waals surface area contributed by atoms with Gasteiger partial charge >= 0.3 is 5.95 Å². The number of fused-ring (bicyclic) bond motifs is 2. The van der Waals surface area contributed by atoms with E-state index >= 15 is 0 Å². The van der Waals surface area contributed by atoms with Crippen LogP contribution in [0.1, 0.15) is 32.4 Å². The molecule has 1 atom stereocenters. The monoisotopic (exact) mass is 352 g/mol. The quantitative estimate of drug-likeness (QED) is 0.584. The van der Waals surface area contributed by atoms with Crippen molar-refractivity contribution >= 4 is 17.8 Å². The van der Waals surface area contributed by atoms with Crippen LogP contribution in [0.2, 0.25) is 0 Å². The number of para-hydroxylation sites is 1. The first-order valence-corrected chi connectivity index (χ1v) is 10.5. The van der Waals surface area contributed by atoms with Crippen LogP contribution in [0.15, 0.2) is 59.0 Å². The van der Waals surface area contributed by atoms with Crippen molar-refractivity contribution < 1.29 is 13.7 Å². The lowest BCUT2D eigenvalue weighted by Crippen LogP contribution is -2.25. The highest BCUT2D eigenvalue weighted by Crippen LogP contribution is 2.56. The standard InChI is InChI=1S/C21H21O3P/c1-4-25(22)17-13-9-8-12-16(17)23-21-20(25)18(19(24-21)14(2)3)15-10-6-5-7-11-15/h5-14H,4H2,1-3H3. The maximum absolute atomic E-state index is 14.1. The molecule has 0 saturated heterocycles. The van der Waals surface area contributed by atoms with E-state index < -0.39 is 7.14 Å². The molecule has 0 fully saturated rings. The molecular formula is C21H21O3P. The third-order valence-corrected chi connectivity index (χ3v) is 7.90. The number of hydrogen-bond donors (Lipinski definition) is 0. The first kappa shape index (κ1) is 16.2.